The Hall–Kier alpha value is -2.35. The summed E-state index contributed by atoms with van der Waals surface area (Å²) in [4.78, 5) is 25.8. The van der Waals surface area contributed by atoms with Crippen LogP contribution < -0.4 is 4.74 Å². The highest BCUT2D eigenvalue weighted by Gasteiger charge is 2.39. The first-order valence-corrected chi connectivity index (χ1v) is 10.5. The van der Waals surface area contributed by atoms with E-state index >= 15 is 0 Å². The van der Waals surface area contributed by atoms with Gasteiger partial charge in [-0.25, -0.2) is 4.79 Å². The SMILES string of the molecule is CC[C@@H](C(=O)O)N1C(=O)/C(=C\c2ccccc2OCc2ccccc2Cl)SC1=S. The second-order valence-corrected chi connectivity index (χ2v) is 8.31. The number of carboxylic acid groups (broad SMARTS) is 1. The molecule has 1 fully saturated rings. The third-order valence-electron chi connectivity index (χ3n) is 4.35. The molecule has 1 aliphatic heterocycles. The maximum atomic E-state index is 12.8. The van der Waals surface area contributed by atoms with E-state index in [2.05, 4.69) is 0 Å². The Morgan fingerprint density at radius 2 is 1.97 bits per heavy atom. The van der Waals surface area contributed by atoms with Crippen LogP contribution in [0.15, 0.2) is 53.4 Å². The quantitative estimate of drug-likeness (QED) is 0.476. The number of thioether (sulfide) groups is 1. The second-order valence-electron chi connectivity index (χ2n) is 6.23. The number of benzene rings is 2. The number of carboxylic acids is 1. The summed E-state index contributed by atoms with van der Waals surface area (Å²) in [6.07, 6.45) is 1.95. The third-order valence-corrected chi connectivity index (χ3v) is 6.05. The molecule has 29 heavy (non-hydrogen) atoms. The average Bonchev–Trinajstić information content (AvgIpc) is 2.96. The molecule has 2 aromatic carbocycles. The average molecular weight is 448 g/mol. The summed E-state index contributed by atoms with van der Waals surface area (Å²) in [6.45, 7) is 1.99. The lowest BCUT2D eigenvalue weighted by molar-refractivity contribution is -0.145. The van der Waals surface area contributed by atoms with Gasteiger partial charge in [0.25, 0.3) is 5.91 Å². The normalized spacial score (nSPS) is 16.3. The molecule has 0 spiro atoms. The van der Waals surface area contributed by atoms with Crippen molar-refractivity contribution in [3.05, 3.63) is 69.6 Å². The molecule has 8 heteroatoms. The minimum atomic E-state index is -1.08. The molecule has 5 nitrogen and oxygen atoms in total. The smallest absolute Gasteiger partial charge is 0.326 e. The molecule has 150 valence electrons. The molecular formula is C21H18ClNO4S2. The number of halogens is 1. The van der Waals surface area contributed by atoms with E-state index in [1.54, 1.807) is 25.1 Å². The first-order valence-electron chi connectivity index (χ1n) is 8.87. The molecule has 0 unspecified atom stereocenters. The minimum absolute atomic E-state index is 0.241. The van der Waals surface area contributed by atoms with Crippen LogP contribution in [0.4, 0.5) is 0 Å². The Morgan fingerprint density at radius 1 is 1.28 bits per heavy atom. The van der Waals surface area contributed by atoms with E-state index in [-0.39, 0.29) is 17.3 Å². The Balaban J connectivity index is 1.84. The van der Waals surface area contributed by atoms with Gasteiger partial charge in [0.2, 0.25) is 0 Å². The number of thiocarbonyl (C=S) groups is 1. The van der Waals surface area contributed by atoms with Crippen molar-refractivity contribution in [1.82, 2.24) is 4.90 Å². The number of hydrogen-bond donors (Lipinski definition) is 1. The van der Waals surface area contributed by atoms with Crippen molar-refractivity contribution >= 4 is 57.9 Å². The molecule has 1 amide bonds. The number of rotatable bonds is 7. The maximum absolute atomic E-state index is 12.8. The van der Waals surface area contributed by atoms with Crippen LogP contribution in [0.1, 0.15) is 24.5 Å². The number of hydrogen-bond acceptors (Lipinski definition) is 5. The lowest BCUT2D eigenvalue weighted by Gasteiger charge is -2.21. The van der Waals surface area contributed by atoms with Crippen molar-refractivity contribution in [2.45, 2.75) is 26.0 Å². The summed E-state index contributed by atoms with van der Waals surface area (Å²) in [5.41, 5.74) is 1.55. The van der Waals surface area contributed by atoms with Crippen molar-refractivity contribution in [2.75, 3.05) is 0 Å². The van der Waals surface area contributed by atoms with E-state index in [1.807, 2.05) is 36.4 Å². The van der Waals surface area contributed by atoms with E-state index in [0.29, 0.717) is 21.2 Å². The molecule has 2 aromatic rings. The van der Waals surface area contributed by atoms with Crippen molar-refractivity contribution < 1.29 is 19.4 Å². The van der Waals surface area contributed by atoms with Gasteiger partial charge in [0.05, 0.1) is 4.91 Å². The van der Waals surface area contributed by atoms with Crippen LogP contribution in [0.2, 0.25) is 5.02 Å². The molecular weight excluding hydrogens is 430 g/mol. The number of para-hydroxylation sites is 1. The molecule has 1 N–H and O–H groups in total. The summed E-state index contributed by atoms with van der Waals surface area (Å²) >= 11 is 12.5. The van der Waals surface area contributed by atoms with Gasteiger partial charge < -0.3 is 9.84 Å². The van der Waals surface area contributed by atoms with Crippen LogP contribution in [0.3, 0.4) is 0 Å². The van der Waals surface area contributed by atoms with E-state index in [1.165, 1.54) is 4.90 Å². The van der Waals surface area contributed by atoms with E-state index in [9.17, 15) is 14.7 Å². The fourth-order valence-corrected chi connectivity index (χ4v) is 4.40. The zero-order valence-corrected chi connectivity index (χ0v) is 17.9. The molecule has 0 bridgehead atoms. The van der Waals surface area contributed by atoms with Gasteiger partial charge in [0.1, 0.15) is 22.7 Å². The molecule has 1 heterocycles. The van der Waals surface area contributed by atoms with E-state index < -0.39 is 17.9 Å². The number of carbonyl (C=O) groups excluding carboxylic acids is 1. The van der Waals surface area contributed by atoms with Crippen LogP contribution in [0.5, 0.6) is 5.75 Å². The Labute approximate surface area is 183 Å². The molecule has 1 aliphatic rings. The molecule has 1 atom stereocenters. The van der Waals surface area contributed by atoms with Gasteiger partial charge in [-0.1, -0.05) is 78.9 Å². The largest absolute Gasteiger partial charge is 0.488 e. The molecule has 3 rings (SSSR count). The summed E-state index contributed by atoms with van der Waals surface area (Å²) in [5.74, 6) is -0.897. The predicted octanol–water partition coefficient (Wildman–Crippen LogP) is 4.98. The van der Waals surface area contributed by atoms with Gasteiger partial charge in [-0.3, -0.25) is 9.69 Å². The Morgan fingerprint density at radius 3 is 2.66 bits per heavy atom. The molecule has 0 radical (unpaired) electrons. The predicted molar refractivity (Wildman–Crippen MR) is 119 cm³/mol. The second kappa shape index (κ2) is 9.43. The van der Waals surface area contributed by atoms with E-state index in [0.717, 1.165) is 17.3 Å². The van der Waals surface area contributed by atoms with Crippen LogP contribution in [0, 0.1) is 0 Å². The lowest BCUT2D eigenvalue weighted by Crippen LogP contribution is -2.43. The van der Waals surface area contributed by atoms with Gasteiger partial charge in [-0.15, -0.1) is 0 Å². The highest BCUT2D eigenvalue weighted by Crippen LogP contribution is 2.36. The summed E-state index contributed by atoms with van der Waals surface area (Å²) in [5, 5.41) is 9.99. The minimum Gasteiger partial charge on any atom is -0.488 e. The Kier molecular flexibility index (Phi) is 6.95. The zero-order chi connectivity index (χ0) is 21.0. The molecule has 0 aromatic heterocycles. The number of amides is 1. The maximum Gasteiger partial charge on any atom is 0.326 e. The van der Waals surface area contributed by atoms with Gasteiger partial charge in [-0.2, -0.15) is 0 Å². The molecule has 0 saturated carbocycles. The highest BCUT2D eigenvalue weighted by molar-refractivity contribution is 8.26. The third kappa shape index (κ3) is 4.80. The lowest BCUT2D eigenvalue weighted by atomic mass is 10.1. The Bertz CT molecular complexity index is 992. The summed E-state index contributed by atoms with van der Waals surface area (Å²) in [7, 11) is 0. The zero-order valence-electron chi connectivity index (χ0n) is 15.5. The highest BCUT2D eigenvalue weighted by atomic mass is 35.5. The molecule has 1 saturated heterocycles. The standard InChI is InChI=1S/C21H18ClNO4S2/c1-2-16(20(25)26)23-19(24)18(29-21(23)28)11-13-7-4-6-10-17(13)27-12-14-8-3-5-9-15(14)22/h3-11,16H,2,12H2,1H3,(H,25,26)/b18-11+/t16-/m0/s1. The van der Waals surface area contributed by atoms with E-state index in [4.69, 9.17) is 28.6 Å². The van der Waals surface area contributed by atoms with Crippen LogP contribution in [-0.2, 0) is 16.2 Å². The number of nitrogens with zero attached hydrogens (tertiary/aromatic N) is 1. The first-order chi connectivity index (χ1) is 13.9. The number of ether oxygens (including phenoxy) is 1. The molecule has 0 aliphatic carbocycles. The van der Waals surface area contributed by atoms with Gasteiger partial charge >= 0.3 is 5.97 Å². The van der Waals surface area contributed by atoms with Crippen molar-refractivity contribution in [3.8, 4) is 5.75 Å². The van der Waals surface area contributed by atoms with Crippen LogP contribution in [0.25, 0.3) is 6.08 Å². The summed E-state index contributed by atoms with van der Waals surface area (Å²) in [6, 6.07) is 13.7. The van der Waals surface area contributed by atoms with Crippen molar-refractivity contribution in [3.63, 3.8) is 0 Å². The first kappa shape index (κ1) is 21.4. The van der Waals surface area contributed by atoms with Gasteiger partial charge in [0.15, 0.2) is 0 Å². The van der Waals surface area contributed by atoms with Gasteiger partial charge in [0, 0.05) is 16.1 Å². The topological polar surface area (TPSA) is 66.8 Å². The van der Waals surface area contributed by atoms with Crippen LogP contribution in [-0.4, -0.2) is 32.2 Å². The fourth-order valence-electron chi connectivity index (χ4n) is 2.86. The summed E-state index contributed by atoms with van der Waals surface area (Å²) < 4.78 is 6.16. The van der Waals surface area contributed by atoms with Crippen LogP contribution >= 0.6 is 35.6 Å². The fraction of sp³-hybridized carbons (Fsp3) is 0.190. The van der Waals surface area contributed by atoms with Gasteiger partial charge in [-0.05, 0) is 24.6 Å². The number of aliphatic carboxylic acids is 1. The number of carbonyl (C=O) groups is 2. The van der Waals surface area contributed by atoms with Crippen molar-refractivity contribution in [1.29, 1.82) is 0 Å². The monoisotopic (exact) mass is 447 g/mol. The van der Waals surface area contributed by atoms with Crippen molar-refractivity contribution in [2.24, 2.45) is 0 Å².